The molecule has 3 nitrogen and oxygen atoms in total. The van der Waals surface area contributed by atoms with Gasteiger partial charge in [-0.1, -0.05) is 12.1 Å². The molecule has 0 aliphatic heterocycles. The largest absolute Gasteiger partial charge is 0.378 e. The SMILES string of the molecule is Fc1ccc(NCc2cnc3ccccc3n2)c(Br)c1. The van der Waals surface area contributed by atoms with Gasteiger partial charge in [0.15, 0.2) is 0 Å². The number of halogens is 2. The topological polar surface area (TPSA) is 37.8 Å². The van der Waals surface area contributed by atoms with Crippen molar-refractivity contribution in [3.8, 4) is 0 Å². The highest BCUT2D eigenvalue weighted by molar-refractivity contribution is 9.10. The molecule has 1 aromatic heterocycles. The van der Waals surface area contributed by atoms with Gasteiger partial charge >= 0.3 is 0 Å². The number of aromatic nitrogens is 2. The van der Waals surface area contributed by atoms with E-state index in [1.807, 2.05) is 24.3 Å². The molecule has 5 heteroatoms. The van der Waals surface area contributed by atoms with Gasteiger partial charge in [0.25, 0.3) is 0 Å². The van der Waals surface area contributed by atoms with E-state index in [0.717, 1.165) is 22.4 Å². The molecule has 20 heavy (non-hydrogen) atoms. The van der Waals surface area contributed by atoms with E-state index in [0.29, 0.717) is 11.0 Å². The molecule has 3 rings (SSSR count). The monoisotopic (exact) mass is 331 g/mol. The molecule has 0 unspecified atom stereocenters. The average molecular weight is 332 g/mol. The summed E-state index contributed by atoms with van der Waals surface area (Å²) in [6.07, 6.45) is 1.74. The van der Waals surface area contributed by atoms with Gasteiger partial charge in [-0.25, -0.2) is 9.37 Å². The van der Waals surface area contributed by atoms with Crippen LogP contribution in [0.25, 0.3) is 11.0 Å². The maximum absolute atomic E-state index is 13.0. The number of para-hydroxylation sites is 2. The molecule has 0 saturated carbocycles. The lowest BCUT2D eigenvalue weighted by atomic mass is 10.3. The highest BCUT2D eigenvalue weighted by Gasteiger charge is 2.03. The number of hydrogen-bond donors (Lipinski definition) is 1. The fourth-order valence-electron chi connectivity index (χ4n) is 1.90. The Labute approximate surface area is 124 Å². The number of rotatable bonds is 3. The summed E-state index contributed by atoms with van der Waals surface area (Å²) in [6.45, 7) is 0.530. The molecule has 0 amide bonds. The third-order valence-corrected chi connectivity index (χ3v) is 3.55. The zero-order valence-corrected chi connectivity index (χ0v) is 12.1. The second-order valence-corrected chi connectivity index (χ2v) is 5.18. The van der Waals surface area contributed by atoms with E-state index in [1.165, 1.54) is 12.1 Å². The second kappa shape index (κ2) is 5.54. The zero-order chi connectivity index (χ0) is 13.9. The van der Waals surface area contributed by atoms with Crippen LogP contribution in [0.3, 0.4) is 0 Å². The van der Waals surface area contributed by atoms with E-state index in [4.69, 9.17) is 0 Å². The van der Waals surface area contributed by atoms with Gasteiger partial charge in [0.1, 0.15) is 5.82 Å². The molecule has 1 N–H and O–H groups in total. The molecule has 100 valence electrons. The Morgan fingerprint density at radius 2 is 1.90 bits per heavy atom. The molecular weight excluding hydrogens is 321 g/mol. The Balaban J connectivity index is 1.79. The number of anilines is 1. The third kappa shape index (κ3) is 2.77. The summed E-state index contributed by atoms with van der Waals surface area (Å²) < 4.78 is 13.7. The van der Waals surface area contributed by atoms with Crippen molar-refractivity contribution in [3.63, 3.8) is 0 Å². The summed E-state index contributed by atoms with van der Waals surface area (Å²) in [6, 6.07) is 12.3. The molecule has 0 fully saturated rings. The van der Waals surface area contributed by atoms with Gasteiger partial charge in [0.2, 0.25) is 0 Å². The highest BCUT2D eigenvalue weighted by atomic mass is 79.9. The molecule has 0 radical (unpaired) electrons. The normalized spacial score (nSPS) is 10.7. The summed E-state index contributed by atoms with van der Waals surface area (Å²) in [5.74, 6) is -0.270. The summed E-state index contributed by atoms with van der Waals surface area (Å²) in [5.41, 5.74) is 3.39. The van der Waals surface area contributed by atoms with Crippen molar-refractivity contribution in [2.45, 2.75) is 6.54 Å². The predicted octanol–water partition coefficient (Wildman–Crippen LogP) is 4.14. The summed E-state index contributed by atoms with van der Waals surface area (Å²) in [5, 5.41) is 3.21. The van der Waals surface area contributed by atoms with Gasteiger partial charge in [0, 0.05) is 10.2 Å². The third-order valence-electron chi connectivity index (χ3n) is 2.89. The lowest BCUT2D eigenvalue weighted by Crippen LogP contribution is -2.03. The van der Waals surface area contributed by atoms with E-state index in [-0.39, 0.29) is 5.82 Å². The predicted molar refractivity (Wildman–Crippen MR) is 81.0 cm³/mol. The Hall–Kier alpha value is -2.01. The Bertz CT molecular complexity index is 761. The minimum Gasteiger partial charge on any atom is -0.378 e. The molecule has 0 saturated heterocycles. The van der Waals surface area contributed by atoms with Crippen molar-refractivity contribution < 1.29 is 4.39 Å². The van der Waals surface area contributed by atoms with Crippen LogP contribution in [0.15, 0.2) is 53.1 Å². The molecular formula is C15H11BrFN3. The first kappa shape index (κ1) is 13.0. The van der Waals surface area contributed by atoms with Crippen molar-refractivity contribution in [1.82, 2.24) is 9.97 Å². The highest BCUT2D eigenvalue weighted by Crippen LogP contribution is 2.23. The maximum Gasteiger partial charge on any atom is 0.124 e. The van der Waals surface area contributed by atoms with Crippen LogP contribution in [0.2, 0.25) is 0 Å². The average Bonchev–Trinajstić information content (AvgIpc) is 2.46. The standard InChI is InChI=1S/C15H11BrFN3/c16-12-7-10(17)5-6-13(12)18-8-11-9-19-14-3-1-2-4-15(14)20-11/h1-7,9,18H,8H2. The van der Waals surface area contributed by atoms with Crippen LogP contribution in [-0.2, 0) is 6.54 Å². The number of nitrogens with one attached hydrogen (secondary N) is 1. The number of fused-ring (bicyclic) bond motifs is 1. The smallest absolute Gasteiger partial charge is 0.124 e. The van der Waals surface area contributed by atoms with Crippen LogP contribution in [-0.4, -0.2) is 9.97 Å². The summed E-state index contributed by atoms with van der Waals surface area (Å²) in [4.78, 5) is 8.88. The van der Waals surface area contributed by atoms with Crippen LogP contribution in [0, 0.1) is 5.82 Å². The van der Waals surface area contributed by atoms with Crippen molar-refractivity contribution in [3.05, 3.63) is 64.6 Å². The van der Waals surface area contributed by atoms with Gasteiger partial charge in [-0.3, -0.25) is 4.98 Å². The van der Waals surface area contributed by atoms with E-state index in [1.54, 1.807) is 12.3 Å². The maximum atomic E-state index is 13.0. The van der Waals surface area contributed by atoms with Crippen LogP contribution in [0.4, 0.5) is 10.1 Å². The summed E-state index contributed by atoms with van der Waals surface area (Å²) in [7, 11) is 0. The first-order chi connectivity index (χ1) is 9.72. The van der Waals surface area contributed by atoms with E-state index in [2.05, 4.69) is 31.2 Å². The lowest BCUT2D eigenvalue weighted by molar-refractivity contribution is 0.627. The number of hydrogen-bond acceptors (Lipinski definition) is 3. The Morgan fingerprint density at radius 3 is 2.70 bits per heavy atom. The van der Waals surface area contributed by atoms with Crippen molar-refractivity contribution in [2.75, 3.05) is 5.32 Å². The molecule has 0 spiro atoms. The van der Waals surface area contributed by atoms with Gasteiger partial charge in [0.05, 0.1) is 29.5 Å². The first-order valence-corrected chi connectivity index (χ1v) is 6.91. The number of benzene rings is 2. The Kier molecular flexibility index (Phi) is 3.60. The van der Waals surface area contributed by atoms with E-state index in [9.17, 15) is 4.39 Å². The number of nitrogens with zero attached hydrogens (tertiary/aromatic N) is 2. The second-order valence-electron chi connectivity index (χ2n) is 4.33. The lowest BCUT2D eigenvalue weighted by Gasteiger charge is -2.08. The van der Waals surface area contributed by atoms with Gasteiger partial charge < -0.3 is 5.32 Å². The fraction of sp³-hybridized carbons (Fsp3) is 0.0667. The van der Waals surface area contributed by atoms with Crippen molar-refractivity contribution >= 4 is 32.7 Å². The fourth-order valence-corrected chi connectivity index (χ4v) is 2.39. The van der Waals surface area contributed by atoms with Crippen LogP contribution < -0.4 is 5.32 Å². The molecule has 0 aliphatic rings. The van der Waals surface area contributed by atoms with Gasteiger partial charge in [-0.2, -0.15) is 0 Å². The van der Waals surface area contributed by atoms with Crippen LogP contribution in [0.5, 0.6) is 0 Å². The quantitative estimate of drug-likeness (QED) is 0.783. The molecule has 1 heterocycles. The van der Waals surface area contributed by atoms with Crippen molar-refractivity contribution in [2.24, 2.45) is 0 Å². The molecule has 0 aliphatic carbocycles. The minimum atomic E-state index is -0.270. The zero-order valence-electron chi connectivity index (χ0n) is 10.5. The first-order valence-electron chi connectivity index (χ1n) is 6.12. The van der Waals surface area contributed by atoms with Crippen LogP contribution >= 0.6 is 15.9 Å². The molecule has 0 atom stereocenters. The Morgan fingerprint density at radius 1 is 1.10 bits per heavy atom. The molecule has 2 aromatic carbocycles. The summed E-state index contributed by atoms with van der Waals surface area (Å²) >= 11 is 3.32. The van der Waals surface area contributed by atoms with E-state index >= 15 is 0 Å². The minimum absolute atomic E-state index is 0.270. The van der Waals surface area contributed by atoms with E-state index < -0.39 is 0 Å². The van der Waals surface area contributed by atoms with Crippen LogP contribution in [0.1, 0.15) is 5.69 Å². The van der Waals surface area contributed by atoms with Gasteiger partial charge in [-0.15, -0.1) is 0 Å². The molecule has 0 bridgehead atoms. The van der Waals surface area contributed by atoms with Gasteiger partial charge in [-0.05, 0) is 46.3 Å². The van der Waals surface area contributed by atoms with Crippen molar-refractivity contribution in [1.29, 1.82) is 0 Å². The molecule has 3 aromatic rings.